The van der Waals surface area contributed by atoms with Crippen LogP contribution in [-0.4, -0.2) is 69.0 Å². The summed E-state index contributed by atoms with van der Waals surface area (Å²) in [5.41, 5.74) is 3.03. The van der Waals surface area contributed by atoms with Crippen molar-refractivity contribution in [1.82, 2.24) is 4.90 Å². The Morgan fingerprint density at radius 3 is 2.33 bits per heavy atom. The van der Waals surface area contributed by atoms with Crippen LogP contribution in [0.4, 0.5) is 5.69 Å². The number of aromatic nitrogens is 1. The molecular weight excluding hydrogens is 659 g/mol. The fourth-order valence-electron chi connectivity index (χ4n) is 5.05. The molecule has 0 aliphatic carbocycles. The normalized spacial score (nSPS) is 14.6. The number of benzene rings is 2. The lowest BCUT2D eigenvalue weighted by atomic mass is 10.2. The summed E-state index contributed by atoms with van der Waals surface area (Å²) < 4.78 is 82.1. The molecule has 242 valence electrons. The molecule has 0 spiro atoms. The summed E-state index contributed by atoms with van der Waals surface area (Å²) in [5, 5.41) is 3.39. The van der Waals surface area contributed by atoms with Gasteiger partial charge in [-0.2, -0.15) is 4.57 Å². The van der Waals surface area contributed by atoms with Crippen LogP contribution < -0.4 is 9.47 Å². The van der Waals surface area contributed by atoms with Crippen LogP contribution in [-0.2, 0) is 26.8 Å². The summed E-state index contributed by atoms with van der Waals surface area (Å²) in [4.78, 5) is 5.14. The first-order valence-corrected chi connectivity index (χ1v) is 19.2. The van der Waals surface area contributed by atoms with E-state index < -0.39 is 31.7 Å². The molecule has 0 fully saturated rings. The molecule has 0 unspecified atom stereocenters. The number of thioether (sulfide) groups is 1. The van der Waals surface area contributed by atoms with Crippen molar-refractivity contribution in [2.24, 2.45) is 0 Å². The van der Waals surface area contributed by atoms with E-state index in [1.54, 1.807) is 12.5 Å². The van der Waals surface area contributed by atoms with E-state index in [1.807, 2.05) is 51.9 Å². The molecule has 1 aliphatic heterocycles. The minimum atomic E-state index is -4.37. The first kappa shape index (κ1) is 33.4. The van der Waals surface area contributed by atoms with E-state index in [-0.39, 0.29) is 19.4 Å². The average molecular weight is 693 g/mol. The van der Waals surface area contributed by atoms with Gasteiger partial charge in [-0.25, -0.2) is 16.8 Å². The van der Waals surface area contributed by atoms with Gasteiger partial charge in [-0.05, 0) is 63.0 Å². The molecule has 0 amide bonds. The van der Waals surface area contributed by atoms with Gasteiger partial charge >= 0.3 is 0 Å². The Bertz CT molecular complexity index is 2060. The maximum absolute atomic E-state index is 11.3. The van der Waals surface area contributed by atoms with Crippen LogP contribution in [0.3, 0.4) is 0 Å². The lowest BCUT2D eigenvalue weighted by Gasteiger charge is -2.20. The summed E-state index contributed by atoms with van der Waals surface area (Å²) in [6.45, 7) is 7.21. The van der Waals surface area contributed by atoms with Crippen molar-refractivity contribution < 1.29 is 39.3 Å². The van der Waals surface area contributed by atoms with Crippen LogP contribution in [0.1, 0.15) is 31.7 Å². The molecule has 0 bridgehead atoms. The van der Waals surface area contributed by atoms with Gasteiger partial charge in [-0.3, -0.25) is 0 Å². The molecule has 0 saturated heterocycles. The van der Waals surface area contributed by atoms with Gasteiger partial charge in [0.05, 0.1) is 54.9 Å². The van der Waals surface area contributed by atoms with Crippen LogP contribution in [0.25, 0.3) is 38.2 Å². The van der Waals surface area contributed by atoms with Crippen molar-refractivity contribution >= 4 is 87.3 Å². The fraction of sp³-hybridized carbons (Fsp3) is 0.367. The molecule has 0 atom stereocenters. The summed E-state index contributed by atoms with van der Waals surface area (Å²) >= 11 is 3.00. The topological polar surface area (TPSA) is 151 Å². The van der Waals surface area contributed by atoms with Crippen LogP contribution in [0, 0.1) is 0 Å². The van der Waals surface area contributed by atoms with E-state index in [2.05, 4.69) is 25.8 Å². The third-order valence-electron chi connectivity index (χ3n) is 7.51. The third-order valence-corrected chi connectivity index (χ3v) is 11.3. The van der Waals surface area contributed by atoms with Crippen LogP contribution in [0.15, 0.2) is 67.7 Å². The molecule has 3 aromatic heterocycles. The number of furan rings is 2. The highest BCUT2D eigenvalue weighted by Gasteiger charge is 2.31. The summed E-state index contributed by atoms with van der Waals surface area (Å²) in [6.07, 6.45) is 5.42. The van der Waals surface area contributed by atoms with Crippen molar-refractivity contribution in [3.8, 4) is 0 Å². The molecular formula is C30H34N3O8S4-. The lowest BCUT2D eigenvalue weighted by Crippen LogP contribution is -2.36. The van der Waals surface area contributed by atoms with Crippen molar-refractivity contribution in [3.05, 3.63) is 59.0 Å². The molecule has 6 rings (SSSR count). The Balaban J connectivity index is 0.000000609. The van der Waals surface area contributed by atoms with E-state index >= 15 is 0 Å². The first-order valence-electron chi connectivity index (χ1n) is 14.4. The maximum Gasteiger partial charge on any atom is 0.265 e. The van der Waals surface area contributed by atoms with Crippen LogP contribution in [0.5, 0.6) is 0 Å². The predicted molar refractivity (Wildman–Crippen MR) is 176 cm³/mol. The Labute approximate surface area is 270 Å². The van der Waals surface area contributed by atoms with Gasteiger partial charge in [0.2, 0.25) is 5.52 Å². The molecule has 45 heavy (non-hydrogen) atoms. The molecule has 4 heterocycles. The molecule has 15 heteroatoms. The van der Waals surface area contributed by atoms with Gasteiger partial charge in [-0.15, -0.1) is 0 Å². The number of hydrogen-bond donors (Lipinski definition) is 0. The minimum absolute atomic E-state index is 0.129. The highest BCUT2D eigenvalue weighted by molar-refractivity contribution is 8.04. The Kier molecular flexibility index (Phi) is 10.3. The van der Waals surface area contributed by atoms with Crippen LogP contribution >= 0.6 is 23.1 Å². The quantitative estimate of drug-likeness (QED) is 0.129. The molecule has 0 saturated carbocycles. The number of rotatable bonds is 11. The summed E-state index contributed by atoms with van der Waals surface area (Å²) in [7, 11) is -6.64. The first-order chi connectivity index (χ1) is 21.4. The molecule has 5 aromatic rings. The van der Waals surface area contributed by atoms with Gasteiger partial charge in [-0.1, -0.05) is 36.9 Å². The van der Waals surface area contributed by atoms with E-state index in [1.165, 1.54) is 23.1 Å². The van der Waals surface area contributed by atoms with E-state index in [0.29, 0.717) is 17.7 Å². The smallest absolute Gasteiger partial charge is 0.265 e. The Hall–Kier alpha value is -2.92. The minimum Gasteiger partial charge on any atom is -0.748 e. The number of anilines is 1. The van der Waals surface area contributed by atoms with Gasteiger partial charge in [0.15, 0.2) is 12.1 Å². The van der Waals surface area contributed by atoms with Crippen molar-refractivity contribution in [3.63, 3.8) is 0 Å². The second kappa shape index (κ2) is 13.8. The number of thiazole rings is 1. The molecule has 0 N–H and O–H groups in total. The SMILES string of the molecule is CCN(C)CC.O=S(=O)([O-])CCCN1/C(=C/c2sc3ccc4occc4c3[n+]2CCCS(=O)(=O)[O-])Sc2ccc3ccoc3c21. The molecule has 11 nitrogen and oxygen atoms in total. The van der Waals surface area contributed by atoms with Gasteiger partial charge in [0, 0.05) is 34.8 Å². The summed E-state index contributed by atoms with van der Waals surface area (Å²) in [5.74, 6) is -0.975. The molecule has 0 radical (unpaired) electrons. The average Bonchev–Trinajstić information content (AvgIpc) is 3.77. The zero-order valence-corrected chi connectivity index (χ0v) is 28.4. The maximum atomic E-state index is 11.3. The zero-order chi connectivity index (χ0) is 32.4. The van der Waals surface area contributed by atoms with Gasteiger partial charge in [0.25, 0.3) is 5.01 Å². The number of fused-ring (bicyclic) bond motifs is 6. The number of nitrogens with zero attached hydrogens (tertiary/aromatic N) is 3. The van der Waals surface area contributed by atoms with E-state index in [0.717, 1.165) is 54.7 Å². The summed E-state index contributed by atoms with van der Waals surface area (Å²) in [6, 6.07) is 11.4. The predicted octanol–water partition coefficient (Wildman–Crippen LogP) is 5.42. The fourth-order valence-corrected chi connectivity index (χ4v) is 8.36. The standard InChI is InChI=1S/C25H22N2O8S4.C5H13N/c28-38(29,30)13-1-9-26-21(36-19-6-4-18-17(23(19)26)8-12-34-18)15-22-27(10-2-14-39(31,32)33)24-20(37-22)5-3-16-7-11-35-25(16)24;1-4-6(3)5-2/h3-8,11-12,15H,1-2,9-10,13-14H2,(H-,28,29,30,31,32,33);4-5H2,1-3H3/p-1. The van der Waals surface area contributed by atoms with E-state index in [9.17, 15) is 25.9 Å². The zero-order valence-electron chi connectivity index (χ0n) is 25.1. The monoisotopic (exact) mass is 692 g/mol. The van der Waals surface area contributed by atoms with Crippen molar-refractivity contribution in [1.29, 1.82) is 0 Å². The van der Waals surface area contributed by atoms with Crippen molar-refractivity contribution in [2.45, 2.75) is 38.1 Å². The Morgan fingerprint density at radius 1 is 0.933 bits per heavy atom. The van der Waals surface area contributed by atoms with Gasteiger partial charge < -0.3 is 27.7 Å². The third kappa shape index (κ3) is 7.91. The van der Waals surface area contributed by atoms with E-state index in [4.69, 9.17) is 8.83 Å². The second-order valence-electron chi connectivity index (χ2n) is 10.5. The second-order valence-corrected chi connectivity index (χ2v) is 15.7. The number of hydrogen-bond acceptors (Lipinski definition) is 12. The molecule has 1 aliphatic rings. The Morgan fingerprint density at radius 2 is 1.64 bits per heavy atom. The largest absolute Gasteiger partial charge is 0.748 e. The van der Waals surface area contributed by atoms with Crippen molar-refractivity contribution in [2.75, 3.05) is 43.1 Å². The number of aryl methyl sites for hydroxylation is 1. The van der Waals surface area contributed by atoms with Crippen LogP contribution in [0.2, 0.25) is 0 Å². The highest BCUT2D eigenvalue weighted by atomic mass is 32.2. The molecule has 2 aromatic carbocycles. The lowest BCUT2D eigenvalue weighted by molar-refractivity contribution is -0.667. The highest BCUT2D eigenvalue weighted by Crippen LogP contribution is 2.50. The van der Waals surface area contributed by atoms with Gasteiger partial charge in [0.1, 0.15) is 10.3 Å².